The van der Waals surface area contributed by atoms with Gasteiger partial charge in [0.1, 0.15) is 10.5 Å². The molecule has 2 aromatic rings. The first-order valence-electron chi connectivity index (χ1n) is 5.88. The molecule has 0 saturated carbocycles. The molecule has 110 valence electrons. The first-order chi connectivity index (χ1) is 9.82. The lowest BCUT2D eigenvalue weighted by molar-refractivity contribution is -0.141. The second-order valence-corrected chi connectivity index (χ2v) is 5.06. The minimum atomic E-state index is -4.59. The van der Waals surface area contributed by atoms with Crippen LogP contribution >= 0.6 is 15.9 Å². The number of pyridine rings is 1. The summed E-state index contributed by atoms with van der Waals surface area (Å²) in [5.74, 6) is -2.91. The Kier molecular flexibility index (Phi) is 4.32. The van der Waals surface area contributed by atoms with Crippen LogP contribution in [0.2, 0.25) is 0 Å². The Labute approximate surface area is 127 Å². The molecule has 7 heteroatoms. The number of halogens is 4. The molecule has 0 aliphatic carbocycles. The maximum Gasteiger partial charge on any atom is 0.399 e. The van der Waals surface area contributed by atoms with Crippen molar-refractivity contribution >= 4 is 21.8 Å². The highest BCUT2D eigenvalue weighted by atomic mass is 79.9. The molecule has 1 aromatic heterocycles. The van der Waals surface area contributed by atoms with Crippen LogP contribution in [0.25, 0.3) is 0 Å². The number of nitrogens with two attached hydrogens (primary N) is 1. The van der Waals surface area contributed by atoms with Crippen molar-refractivity contribution in [3.05, 3.63) is 63.9 Å². The predicted molar refractivity (Wildman–Crippen MR) is 74.8 cm³/mol. The largest absolute Gasteiger partial charge is 0.399 e. The number of amides is 1. The van der Waals surface area contributed by atoms with E-state index in [1.165, 1.54) is 36.5 Å². The maximum atomic E-state index is 13.5. The van der Waals surface area contributed by atoms with Crippen molar-refractivity contribution in [2.45, 2.75) is 12.1 Å². The Hall–Kier alpha value is -1.89. The lowest BCUT2D eigenvalue weighted by Gasteiger charge is -2.23. The number of alkyl halides is 3. The van der Waals surface area contributed by atoms with E-state index in [2.05, 4.69) is 20.9 Å². The van der Waals surface area contributed by atoms with Gasteiger partial charge in [-0.1, -0.05) is 30.3 Å². The molecule has 1 aromatic carbocycles. The number of benzene rings is 1. The van der Waals surface area contributed by atoms with Crippen LogP contribution in [0.4, 0.5) is 13.2 Å². The summed E-state index contributed by atoms with van der Waals surface area (Å²) in [6.45, 7) is 0. The second-order valence-electron chi connectivity index (χ2n) is 4.31. The van der Waals surface area contributed by atoms with E-state index in [1.54, 1.807) is 6.07 Å². The molecule has 0 aliphatic heterocycles. The number of aromatic nitrogens is 1. The predicted octanol–water partition coefficient (Wildman–Crippen LogP) is 3.64. The standard InChI is InChI=1S/C14H10BrF3N2O/c15-12-10(9(13(19)21)6-7-20-12)11(14(16,17)18)8-4-2-1-3-5-8/h1-7,11H,(H2,19,21). The highest BCUT2D eigenvalue weighted by Gasteiger charge is 2.44. The van der Waals surface area contributed by atoms with E-state index in [1.807, 2.05) is 0 Å². The van der Waals surface area contributed by atoms with E-state index in [0.29, 0.717) is 0 Å². The molecule has 1 atom stereocenters. The molecular weight excluding hydrogens is 349 g/mol. The van der Waals surface area contributed by atoms with Crippen molar-refractivity contribution in [1.29, 1.82) is 0 Å². The number of hydrogen-bond donors (Lipinski definition) is 1. The van der Waals surface area contributed by atoms with Crippen LogP contribution in [0.3, 0.4) is 0 Å². The van der Waals surface area contributed by atoms with Gasteiger partial charge in [-0.05, 0) is 27.6 Å². The normalized spacial score (nSPS) is 13.0. The molecule has 0 fully saturated rings. The summed E-state index contributed by atoms with van der Waals surface area (Å²) >= 11 is 2.99. The lowest BCUT2D eigenvalue weighted by atomic mass is 9.88. The zero-order valence-electron chi connectivity index (χ0n) is 10.6. The van der Waals surface area contributed by atoms with Crippen molar-refractivity contribution in [2.75, 3.05) is 0 Å². The minimum absolute atomic E-state index is 0.0150. The molecule has 0 aliphatic rings. The average Bonchev–Trinajstić information content (AvgIpc) is 2.40. The van der Waals surface area contributed by atoms with Crippen molar-refractivity contribution in [3.63, 3.8) is 0 Å². The zero-order chi connectivity index (χ0) is 15.6. The molecule has 3 nitrogen and oxygen atoms in total. The lowest BCUT2D eigenvalue weighted by Crippen LogP contribution is -2.26. The number of hydrogen-bond acceptors (Lipinski definition) is 2. The monoisotopic (exact) mass is 358 g/mol. The molecule has 0 spiro atoms. The van der Waals surface area contributed by atoms with Crippen LogP contribution in [0.1, 0.15) is 27.4 Å². The molecule has 1 heterocycles. The van der Waals surface area contributed by atoms with Crippen molar-refractivity contribution in [1.82, 2.24) is 4.98 Å². The summed E-state index contributed by atoms with van der Waals surface area (Å²) in [6.07, 6.45) is -3.36. The molecule has 0 radical (unpaired) electrons. The van der Waals surface area contributed by atoms with Crippen LogP contribution in [-0.2, 0) is 0 Å². The van der Waals surface area contributed by atoms with Gasteiger partial charge in [-0.2, -0.15) is 13.2 Å². The number of rotatable bonds is 3. The van der Waals surface area contributed by atoms with Gasteiger partial charge in [-0.15, -0.1) is 0 Å². The van der Waals surface area contributed by atoms with Gasteiger partial charge >= 0.3 is 6.18 Å². The number of carbonyl (C=O) groups is 1. The van der Waals surface area contributed by atoms with Gasteiger partial charge in [-0.25, -0.2) is 4.98 Å². The Morgan fingerprint density at radius 1 is 1.19 bits per heavy atom. The van der Waals surface area contributed by atoms with E-state index in [0.717, 1.165) is 0 Å². The summed E-state index contributed by atoms with van der Waals surface area (Å²) in [5.41, 5.74) is 4.72. The van der Waals surface area contributed by atoms with Gasteiger partial charge in [0.25, 0.3) is 0 Å². The van der Waals surface area contributed by atoms with Crippen molar-refractivity contribution in [2.24, 2.45) is 5.73 Å². The fourth-order valence-electron chi connectivity index (χ4n) is 2.10. The van der Waals surface area contributed by atoms with E-state index < -0.39 is 18.0 Å². The smallest absolute Gasteiger partial charge is 0.366 e. The maximum absolute atomic E-state index is 13.5. The Balaban J connectivity index is 2.72. The summed E-state index contributed by atoms with van der Waals surface area (Å²) in [4.78, 5) is 15.2. The molecule has 0 bridgehead atoms. The van der Waals surface area contributed by atoms with Gasteiger partial charge in [0.05, 0.1) is 0 Å². The van der Waals surface area contributed by atoms with Crippen LogP contribution in [0.5, 0.6) is 0 Å². The summed E-state index contributed by atoms with van der Waals surface area (Å²) in [6, 6.07) is 8.50. The van der Waals surface area contributed by atoms with Crippen molar-refractivity contribution < 1.29 is 18.0 Å². The number of primary amides is 1. The van der Waals surface area contributed by atoms with Crippen LogP contribution in [0.15, 0.2) is 47.2 Å². The quantitative estimate of drug-likeness (QED) is 0.851. The molecule has 1 unspecified atom stereocenters. The number of carbonyl (C=O) groups excluding carboxylic acids is 1. The van der Waals surface area contributed by atoms with Gasteiger partial charge < -0.3 is 5.73 Å². The van der Waals surface area contributed by atoms with Crippen LogP contribution in [0, 0.1) is 0 Å². The molecular formula is C14H10BrF3N2O. The van der Waals surface area contributed by atoms with E-state index in [-0.39, 0.29) is 21.3 Å². The molecule has 2 rings (SSSR count). The highest BCUT2D eigenvalue weighted by molar-refractivity contribution is 9.10. The van der Waals surface area contributed by atoms with Crippen molar-refractivity contribution in [3.8, 4) is 0 Å². The zero-order valence-corrected chi connectivity index (χ0v) is 12.1. The number of nitrogens with zero attached hydrogens (tertiary/aromatic N) is 1. The summed E-state index contributed by atoms with van der Waals surface area (Å²) in [5, 5.41) is 0. The van der Waals surface area contributed by atoms with E-state index >= 15 is 0 Å². The molecule has 2 N–H and O–H groups in total. The Bertz CT molecular complexity index is 659. The fraction of sp³-hybridized carbons (Fsp3) is 0.143. The topological polar surface area (TPSA) is 56.0 Å². The first-order valence-corrected chi connectivity index (χ1v) is 6.67. The highest BCUT2D eigenvalue weighted by Crippen LogP contribution is 2.43. The van der Waals surface area contributed by atoms with E-state index in [4.69, 9.17) is 5.73 Å². The third-order valence-corrected chi connectivity index (χ3v) is 3.59. The molecule has 21 heavy (non-hydrogen) atoms. The van der Waals surface area contributed by atoms with Crippen LogP contribution in [-0.4, -0.2) is 17.1 Å². The molecule has 0 saturated heterocycles. The Morgan fingerprint density at radius 2 is 1.81 bits per heavy atom. The third-order valence-electron chi connectivity index (χ3n) is 2.96. The summed E-state index contributed by atoms with van der Waals surface area (Å²) < 4.78 is 40.5. The average molecular weight is 359 g/mol. The SMILES string of the molecule is NC(=O)c1ccnc(Br)c1C(c1ccccc1)C(F)(F)F. The first kappa shape index (κ1) is 15.5. The second kappa shape index (κ2) is 5.85. The Morgan fingerprint density at radius 3 is 2.33 bits per heavy atom. The third kappa shape index (κ3) is 3.24. The fourth-order valence-corrected chi connectivity index (χ4v) is 2.66. The minimum Gasteiger partial charge on any atom is -0.366 e. The summed E-state index contributed by atoms with van der Waals surface area (Å²) in [7, 11) is 0. The van der Waals surface area contributed by atoms with Gasteiger partial charge in [0.15, 0.2) is 0 Å². The van der Waals surface area contributed by atoms with Gasteiger partial charge in [-0.3, -0.25) is 4.79 Å². The van der Waals surface area contributed by atoms with Gasteiger partial charge in [0, 0.05) is 17.3 Å². The van der Waals surface area contributed by atoms with E-state index in [9.17, 15) is 18.0 Å². The molecule has 1 amide bonds. The van der Waals surface area contributed by atoms with Crippen LogP contribution < -0.4 is 5.73 Å². The van der Waals surface area contributed by atoms with Gasteiger partial charge in [0.2, 0.25) is 5.91 Å².